The van der Waals surface area contributed by atoms with Gasteiger partial charge in [-0.1, -0.05) is 27.2 Å². The topological polar surface area (TPSA) is 92.9 Å². The molecule has 106 valence electrons. The van der Waals surface area contributed by atoms with Crippen molar-refractivity contribution in [1.29, 1.82) is 0 Å². The van der Waals surface area contributed by atoms with Crippen molar-refractivity contribution >= 4 is 11.5 Å². The van der Waals surface area contributed by atoms with Crippen molar-refractivity contribution in [2.45, 2.75) is 52.6 Å². The van der Waals surface area contributed by atoms with E-state index in [1.54, 1.807) is 0 Å². The Hall–Kier alpha value is -1.72. The van der Waals surface area contributed by atoms with Crippen LogP contribution in [0.5, 0.6) is 0 Å². The standard InChI is InChI=1S/C13H22N4O2/c1-4-5-6-17-10(14)9(11(18)16-12(17)19)15-8-7-13(8,2)3/h8,15H,4-7,14H2,1-3H3,(H,16,18,19). The van der Waals surface area contributed by atoms with Crippen molar-refractivity contribution in [3.63, 3.8) is 0 Å². The van der Waals surface area contributed by atoms with Crippen LogP contribution in [0.25, 0.3) is 0 Å². The van der Waals surface area contributed by atoms with Gasteiger partial charge in [0.25, 0.3) is 5.56 Å². The van der Waals surface area contributed by atoms with Gasteiger partial charge in [0.15, 0.2) is 0 Å². The minimum Gasteiger partial charge on any atom is -0.383 e. The molecule has 1 atom stereocenters. The first-order valence-corrected chi connectivity index (χ1v) is 6.76. The predicted molar refractivity (Wildman–Crippen MR) is 76.5 cm³/mol. The summed E-state index contributed by atoms with van der Waals surface area (Å²) >= 11 is 0. The van der Waals surface area contributed by atoms with E-state index in [4.69, 9.17) is 5.73 Å². The number of aromatic amines is 1. The maximum Gasteiger partial charge on any atom is 0.330 e. The average molecular weight is 266 g/mol. The van der Waals surface area contributed by atoms with Crippen molar-refractivity contribution in [3.05, 3.63) is 20.8 Å². The SMILES string of the molecule is CCCCn1c(N)c(NC2CC2(C)C)c(=O)[nH]c1=O. The Morgan fingerprint density at radius 2 is 2.11 bits per heavy atom. The Kier molecular flexibility index (Phi) is 3.43. The first-order chi connectivity index (χ1) is 8.86. The Morgan fingerprint density at radius 1 is 1.47 bits per heavy atom. The maximum atomic E-state index is 11.8. The third-order valence-corrected chi connectivity index (χ3v) is 3.81. The van der Waals surface area contributed by atoms with E-state index in [-0.39, 0.29) is 17.3 Å². The molecule has 0 aliphatic heterocycles. The fraction of sp³-hybridized carbons (Fsp3) is 0.692. The van der Waals surface area contributed by atoms with E-state index in [9.17, 15) is 9.59 Å². The van der Waals surface area contributed by atoms with E-state index in [2.05, 4.69) is 24.1 Å². The molecule has 6 heteroatoms. The third-order valence-electron chi connectivity index (χ3n) is 3.81. The van der Waals surface area contributed by atoms with Gasteiger partial charge in [-0.2, -0.15) is 0 Å². The quantitative estimate of drug-likeness (QED) is 0.744. The summed E-state index contributed by atoms with van der Waals surface area (Å²) in [6.07, 6.45) is 2.81. The molecule has 0 bridgehead atoms. The molecule has 0 amide bonds. The van der Waals surface area contributed by atoms with Crippen LogP contribution in [0.2, 0.25) is 0 Å². The highest BCUT2D eigenvalue weighted by molar-refractivity contribution is 5.61. The van der Waals surface area contributed by atoms with Crippen LogP contribution in [0.15, 0.2) is 9.59 Å². The zero-order valence-electron chi connectivity index (χ0n) is 11.7. The summed E-state index contributed by atoms with van der Waals surface area (Å²) in [5.74, 6) is 0.241. The van der Waals surface area contributed by atoms with Crippen LogP contribution < -0.4 is 22.3 Å². The first-order valence-electron chi connectivity index (χ1n) is 6.76. The number of nitrogen functional groups attached to an aromatic ring is 1. The zero-order valence-corrected chi connectivity index (χ0v) is 11.7. The fourth-order valence-electron chi connectivity index (χ4n) is 2.15. The molecule has 2 rings (SSSR count). The number of aromatic nitrogens is 2. The molecule has 1 saturated carbocycles. The number of anilines is 2. The summed E-state index contributed by atoms with van der Waals surface area (Å²) in [4.78, 5) is 25.9. The lowest BCUT2D eigenvalue weighted by atomic mass is 10.2. The molecule has 1 aromatic heterocycles. The second-order valence-corrected chi connectivity index (χ2v) is 5.91. The molecule has 0 saturated heterocycles. The Morgan fingerprint density at radius 3 is 2.63 bits per heavy atom. The van der Waals surface area contributed by atoms with Crippen molar-refractivity contribution < 1.29 is 0 Å². The van der Waals surface area contributed by atoms with Gasteiger partial charge < -0.3 is 11.1 Å². The molecule has 4 N–H and O–H groups in total. The summed E-state index contributed by atoms with van der Waals surface area (Å²) < 4.78 is 1.43. The lowest BCUT2D eigenvalue weighted by Gasteiger charge is -2.14. The molecule has 19 heavy (non-hydrogen) atoms. The monoisotopic (exact) mass is 266 g/mol. The molecule has 1 unspecified atom stereocenters. The van der Waals surface area contributed by atoms with Gasteiger partial charge in [0.05, 0.1) is 0 Å². The number of rotatable bonds is 5. The Labute approximate surface area is 112 Å². The summed E-state index contributed by atoms with van der Waals surface area (Å²) in [5, 5.41) is 3.16. The molecule has 1 fully saturated rings. The highest BCUT2D eigenvalue weighted by Gasteiger charge is 2.46. The number of hydrogen-bond acceptors (Lipinski definition) is 4. The number of nitrogens with one attached hydrogen (secondary N) is 2. The second-order valence-electron chi connectivity index (χ2n) is 5.91. The fourth-order valence-corrected chi connectivity index (χ4v) is 2.15. The number of H-pyrrole nitrogens is 1. The number of unbranched alkanes of at least 4 members (excludes halogenated alkanes) is 1. The van der Waals surface area contributed by atoms with Crippen molar-refractivity contribution in [3.8, 4) is 0 Å². The van der Waals surface area contributed by atoms with E-state index < -0.39 is 11.2 Å². The van der Waals surface area contributed by atoms with Gasteiger partial charge >= 0.3 is 5.69 Å². The number of nitrogens with zero attached hydrogens (tertiary/aromatic N) is 1. The zero-order chi connectivity index (χ0) is 14.2. The van der Waals surface area contributed by atoms with E-state index in [1.807, 2.05) is 6.92 Å². The molecular formula is C13H22N4O2. The van der Waals surface area contributed by atoms with E-state index in [1.165, 1.54) is 4.57 Å². The van der Waals surface area contributed by atoms with Gasteiger partial charge in [0, 0.05) is 12.6 Å². The summed E-state index contributed by atoms with van der Waals surface area (Å²) in [6.45, 7) is 6.82. The predicted octanol–water partition coefficient (Wildman–Crippen LogP) is 1.13. The first kappa shape index (κ1) is 13.7. The average Bonchev–Trinajstić information content (AvgIpc) is 2.92. The minimum atomic E-state index is -0.434. The van der Waals surface area contributed by atoms with Gasteiger partial charge in [-0.25, -0.2) is 4.79 Å². The van der Waals surface area contributed by atoms with Gasteiger partial charge in [-0.05, 0) is 18.3 Å². The molecule has 1 heterocycles. The van der Waals surface area contributed by atoms with Crippen LogP contribution in [0, 0.1) is 5.41 Å². The van der Waals surface area contributed by atoms with E-state index in [0.29, 0.717) is 12.2 Å². The molecule has 0 radical (unpaired) electrons. The van der Waals surface area contributed by atoms with Gasteiger partial charge in [0.1, 0.15) is 11.5 Å². The van der Waals surface area contributed by atoms with Crippen LogP contribution in [0.4, 0.5) is 11.5 Å². The van der Waals surface area contributed by atoms with E-state index >= 15 is 0 Å². The Bertz CT molecular complexity index is 585. The van der Waals surface area contributed by atoms with Crippen LogP contribution in [0.3, 0.4) is 0 Å². The molecule has 1 aliphatic rings. The largest absolute Gasteiger partial charge is 0.383 e. The molecule has 1 aliphatic carbocycles. The third kappa shape index (κ3) is 2.67. The van der Waals surface area contributed by atoms with Gasteiger partial charge in [-0.3, -0.25) is 14.3 Å². The van der Waals surface area contributed by atoms with Crippen molar-refractivity contribution in [1.82, 2.24) is 9.55 Å². The van der Waals surface area contributed by atoms with Crippen LogP contribution in [0.1, 0.15) is 40.0 Å². The van der Waals surface area contributed by atoms with Crippen molar-refractivity contribution in [2.24, 2.45) is 5.41 Å². The summed E-state index contributed by atoms with van der Waals surface area (Å²) in [6, 6.07) is 0.244. The molecule has 0 aromatic carbocycles. The molecule has 0 spiro atoms. The number of nitrogens with two attached hydrogens (primary N) is 1. The highest BCUT2D eigenvalue weighted by Crippen LogP contribution is 2.46. The summed E-state index contributed by atoms with van der Waals surface area (Å²) in [7, 11) is 0. The van der Waals surface area contributed by atoms with Gasteiger partial charge in [-0.15, -0.1) is 0 Å². The normalized spacial score (nSPS) is 20.3. The smallest absolute Gasteiger partial charge is 0.330 e. The maximum absolute atomic E-state index is 11.8. The molecule has 6 nitrogen and oxygen atoms in total. The second kappa shape index (κ2) is 4.75. The lowest BCUT2D eigenvalue weighted by Crippen LogP contribution is -2.34. The van der Waals surface area contributed by atoms with Crippen LogP contribution >= 0.6 is 0 Å². The van der Waals surface area contributed by atoms with Crippen molar-refractivity contribution in [2.75, 3.05) is 11.1 Å². The van der Waals surface area contributed by atoms with Crippen LogP contribution in [-0.4, -0.2) is 15.6 Å². The lowest BCUT2D eigenvalue weighted by molar-refractivity contribution is 0.603. The highest BCUT2D eigenvalue weighted by atomic mass is 16.2. The molecule has 1 aromatic rings. The number of hydrogen-bond donors (Lipinski definition) is 3. The van der Waals surface area contributed by atoms with E-state index in [0.717, 1.165) is 19.3 Å². The van der Waals surface area contributed by atoms with Gasteiger partial charge in [0.2, 0.25) is 0 Å². The minimum absolute atomic E-state index is 0.184. The Balaban J connectivity index is 2.32. The van der Waals surface area contributed by atoms with Crippen LogP contribution in [-0.2, 0) is 6.54 Å². The summed E-state index contributed by atoms with van der Waals surface area (Å²) in [5.41, 5.74) is 5.61. The molecular weight excluding hydrogens is 244 g/mol.